The monoisotopic (exact) mass is 339 g/mol. The van der Waals surface area contributed by atoms with E-state index < -0.39 is 9.84 Å². The van der Waals surface area contributed by atoms with E-state index in [4.69, 9.17) is 0 Å². The molecule has 22 heavy (non-hydrogen) atoms. The van der Waals surface area contributed by atoms with Gasteiger partial charge in [-0.15, -0.1) is 10.2 Å². The van der Waals surface area contributed by atoms with Gasteiger partial charge in [0.25, 0.3) is 5.91 Å². The molecule has 1 heterocycles. The second kappa shape index (κ2) is 6.97. The van der Waals surface area contributed by atoms with Crippen LogP contribution in [0.5, 0.6) is 0 Å². The average Bonchev–Trinajstić information content (AvgIpc) is 2.94. The second-order valence-corrected chi connectivity index (χ2v) is 8.13. The summed E-state index contributed by atoms with van der Waals surface area (Å²) in [6.07, 6.45) is 1.36. The van der Waals surface area contributed by atoms with Crippen LogP contribution in [0.3, 0.4) is 0 Å². The van der Waals surface area contributed by atoms with Gasteiger partial charge in [-0.05, 0) is 25.5 Å². The van der Waals surface area contributed by atoms with Crippen LogP contribution in [0, 0.1) is 6.92 Å². The predicted molar refractivity (Wildman–Crippen MR) is 86.0 cm³/mol. The molecule has 0 bridgehead atoms. The number of aromatic nitrogens is 2. The van der Waals surface area contributed by atoms with Crippen LogP contribution >= 0.6 is 11.3 Å². The van der Waals surface area contributed by atoms with Gasteiger partial charge in [0.1, 0.15) is 0 Å². The van der Waals surface area contributed by atoms with Gasteiger partial charge in [0.2, 0.25) is 19.3 Å². The molecule has 8 heteroatoms. The molecule has 1 aromatic carbocycles. The Morgan fingerprint density at radius 2 is 2.09 bits per heavy atom. The highest BCUT2D eigenvalue weighted by molar-refractivity contribution is 7.93. The van der Waals surface area contributed by atoms with Crippen molar-refractivity contribution in [2.45, 2.75) is 31.0 Å². The quantitative estimate of drug-likeness (QED) is 0.817. The number of hydrogen-bond donors (Lipinski definition) is 1. The topological polar surface area (TPSA) is 89.0 Å². The summed E-state index contributed by atoms with van der Waals surface area (Å²) >= 11 is 0.875. The first kappa shape index (κ1) is 16.6. The fraction of sp³-hybridized carbons (Fsp3) is 0.357. The molecule has 1 N–H and O–H groups in total. The highest BCUT2D eigenvalue weighted by Gasteiger charge is 2.20. The van der Waals surface area contributed by atoms with Crippen LogP contribution in [0.25, 0.3) is 0 Å². The summed E-state index contributed by atoms with van der Waals surface area (Å²) in [5.41, 5.74) is 1.46. The molecule has 0 atom stereocenters. The molecule has 2 rings (SSSR count). The number of hydrogen-bond acceptors (Lipinski definition) is 6. The van der Waals surface area contributed by atoms with Crippen molar-refractivity contribution in [2.24, 2.45) is 0 Å². The van der Waals surface area contributed by atoms with E-state index in [1.807, 2.05) is 19.9 Å². The Morgan fingerprint density at radius 3 is 2.77 bits per heavy atom. The Hall–Kier alpha value is -1.80. The number of amides is 1. The van der Waals surface area contributed by atoms with E-state index in [0.717, 1.165) is 23.3 Å². The van der Waals surface area contributed by atoms with Gasteiger partial charge in [0.15, 0.2) is 0 Å². The summed E-state index contributed by atoms with van der Waals surface area (Å²) in [4.78, 5) is 12.1. The zero-order valence-corrected chi connectivity index (χ0v) is 14.0. The lowest BCUT2D eigenvalue weighted by Gasteiger charge is -2.01. The van der Waals surface area contributed by atoms with E-state index >= 15 is 0 Å². The summed E-state index contributed by atoms with van der Waals surface area (Å²) in [5, 5.41) is 10.2. The summed E-state index contributed by atoms with van der Waals surface area (Å²) < 4.78 is 23.9. The SMILES string of the molecule is CCCCS(=O)(=O)c1nnc(NC(=O)c2cccc(C)c2)s1. The van der Waals surface area contributed by atoms with E-state index in [9.17, 15) is 13.2 Å². The standard InChI is InChI=1S/C14H17N3O3S2/c1-3-4-8-22(19,20)14-17-16-13(21-14)15-12(18)11-7-5-6-10(2)9-11/h5-7,9H,3-4,8H2,1-2H3,(H,15,16,18). The molecular formula is C14H17N3O3S2. The molecular weight excluding hydrogens is 322 g/mol. The fourth-order valence-electron chi connectivity index (χ4n) is 1.76. The number of sulfone groups is 1. The van der Waals surface area contributed by atoms with Crippen molar-refractivity contribution in [3.8, 4) is 0 Å². The molecule has 0 aliphatic heterocycles. The minimum absolute atomic E-state index is 0.0456. The van der Waals surface area contributed by atoms with Crippen molar-refractivity contribution in [1.29, 1.82) is 0 Å². The molecule has 0 spiro atoms. The number of benzene rings is 1. The van der Waals surface area contributed by atoms with E-state index in [-0.39, 0.29) is 21.1 Å². The number of rotatable bonds is 6. The lowest BCUT2D eigenvalue weighted by atomic mass is 10.1. The molecule has 0 radical (unpaired) electrons. The summed E-state index contributed by atoms with van der Waals surface area (Å²) in [6, 6.07) is 7.10. The molecule has 0 saturated carbocycles. The number of nitrogens with one attached hydrogen (secondary N) is 1. The zero-order chi connectivity index (χ0) is 16.2. The molecule has 0 unspecified atom stereocenters. The maximum absolute atomic E-state index is 12.1. The van der Waals surface area contributed by atoms with Gasteiger partial charge in [-0.25, -0.2) is 8.42 Å². The minimum Gasteiger partial charge on any atom is -0.296 e. The lowest BCUT2D eigenvalue weighted by molar-refractivity contribution is 0.102. The third-order valence-electron chi connectivity index (χ3n) is 2.94. The van der Waals surface area contributed by atoms with Crippen molar-refractivity contribution in [3.63, 3.8) is 0 Å². The van der Waals surface area contributed by atoms with Crippen LogP contribution in [0.2, 0.25) is 0 Å². The summed E-state index contributed by atoms with van der Waals surface area (Å²) in [7, 11) is -3.42. The zero-order valence-electron chi connectivity index (χ0n) is 12.4. The third-order valence-corrected chi connectivity index (χ3v) is 6.02. The number of unbranched alkanes of at least 4 members (excludes halogenated alkanes) is 1. The van der Waals surface area contributed by atoms with Crippen molar-refractivity contribution in [2.75, 3.05) is 11.1 Å². The van der Waals surface area contributed by atoms with Crippen molar-refractivity contribution < 1.29 is 13.2 Å². The molecule has 2 aromatic rings. The van der Waals surface area contributed by atoms with E-state index in [1.54, 1.807) is 18.2 Å². The van der Waals surface area contributed by atoms with Crippen LogP contribution in [0.4, 0.5) is 5.13 Å². The number of carbonyl (C=O) groups excluding carboxylic acids is 1. The second-order valence-electron chi connectivity index (χ2n) is 4.87. The maximum Gasteiger partial charge on any atom is 0.257 e. The Kier molecular flexibility index (Phi) is 5.25. The number of nitrogens with zero attached hydrogens (tertiary/aromatic N) is 2. The molecule has 0 aliphatic rings. The van der Waals surface area contributed by atoms with Crippen LogP contribution < -0.4 is 5.32 Å². The van der Waals surface area contributed by atoms with Gasteiger partial charge in [-0.2, -0.15) is 0 Å². The molecule has 0 aliphatic carbocycles. The van der Waals surface area contributed by atoms with Crippen LogP contribution in [0.1, 0.15) is 35.7 Å². The van der Waals surface area contributed by atoms with Gasteiger partial charge in [0, 0.05) is 5.56 Å². The molecule has 0 fully saturated rings. The normalized spacial score (nSPS) is 11.4. The molecule has 6 nitrogen and oxygen atoms in total. The maximum atomic E-state index is 12.1. The van der Waals surface area contributed by atoms with Gasteiger partial charge >= 0.3 is 0 Å². The van der Waals surface area contributed by atoms with Gasteiger partial charge in [0.05, 0.1) is 5.75 Å². The van der Waals surface area contributed by atoms with Gasteiger partial charge in [-0.1, -0.05) is 42.4 Å². The van der Waals surface area contributed by atoms with Crippen LogP contribution in [-0.2, 0) is 9.84 Å². The summed E-state index contributed by atoms with van der Waals surface area (Å²) in [6.45, 7) is 3.81. The largest absolute Gasteiger partial charge is 0.296 e. The molecule has 118 valence electrons. The van der Waals surface area contributed by atoms with Crippen molar-refractivity contribution in [1.82, 2.24) is 10.2 Å². The van der Waals surface area contributed by atoms with E-state index in [0.29, 0.717) is 12.0 Å². The molecule has 1 amide bonds. The predicted octanol–water partition coefficient (Wildman–Crippen LogP) is 2.67. The number of anilines is 1. The first-order valence-electron chi connectivity index (χ1n) is 6.86. The number of aryl methyl sites for hydroxylation is 1. The van der Waals surface area contributed by atoms with Gasteiger partial charge < -0.3 is 0 Å². The Balaban J connectivity index is 2.11. The highest BCUT2D eigenvalue weighted by atomic mass is 32.2. The Morgan fingerprint density at radius 1 is 1.32 bits per heavy atom. The Labute approximate surface area is 133 Å². The minimum atomic E-state index is -3.42. The molecule has 1 aromatic heterocycles. The smallest absolute Gasteiger partial charge is 0.257 e. The van der Waals surface area contributed by atoms with E-state index in [1.165, 1.54) is 0 Å². The van der Waals surface area contributed by atoms with Crippen molar-refractivity contribution >= 4 is 32.2 Å². The first-order chi connectivity index (χ1) is 10.4. The molecule has 0 saturated heterocycles. The van der Waals surface area contributed by atoms with Gasteiger partial charge in [-0.3, -0.25) is 10.1 Å². The number of carbonyl (C=O) groups is 1. The fourth-order valence-corrected chi connectivity index (χ4v) is 4.24. The summed E-state index contributed by atoms with van der Waals surface area (Å²) in [5.74, 6) is -0.290. The lowest BCUT2D eigenvalue weighted by Crippen LogP contribution is -2.11. The average molecular weight is 339 g/mol. The van der Waals surface area contributed by atoms with Crippen LogP contribution in [-0.4, -0.2) is 30.3 Å². The van der Waals surface area contributed by atoms with E-state index in [2.05, 4.69) is 15.5 Å². The van der Waals surface area contributed by atoms with Crippen LogP contribution in [0.15, 0.2) is 28.6 Å². The third kappa shape index (κ3) is 4.11. The Bertz CT molecular complexity index is 769. The highest BCUT2D eigenvalue weighted by Crippen LogP contribution is 2.22. The van der Waals surface area contributed by atoms with Crippen molar-refractivity contribution in [3.05, 3.63) is 35.4 Å². The first-order valence-corrected chi connectivity index (χ1v) is 9.33.